The number of hydrogen-bond acceptors (Lipinski definition) is 4. The second-order valence-electron chi connectivity index (χ2n) is 19.5. The Kier molecular flexibility index (Phi) is 9.87. The maximum absolute atomic E-state index is 5.53. The standard InChI is InChI=1S/C68H44N2S3/c1-41-14-31-51(32-15-41)70-60-11-5-2-8-54(60)57-38-48(28-35-61(57)70)44-20-26-47(27-21-44)68-69-66-52(45-22-16-42(17-23-45)49-29-36-64-58(39-49)55-9-3-6-12-62(55)71-64)33-34-53(67(66)73-68)46-24-18-43(19-25-46)50-30-37-65-59(40-50)56-10-4-7-13-63(56)72-65/h2-14,16-41H,15H2,1H3. The molecular weight excluding hydrogens is 941 g/mol. The molecule has 4 heterocycles. The van der Waals surface area contributed by atoms with Gasteiger partial charge in [0.1, 0.15) is 5.01 Å². The molecule has 15 rings (SSSR count). The predicted octanol–water partition coefficient (Wildman–Crippen LogP) is 20.6. The lowest BCUT2D eigenvalue weighted by molar-refractivity contribution is 0.735. The third-order valence-corrected chi connectivity index (χ3v) is 18.5. The number of benzene rings is 10. The molecule has 0 saturated carbocycles. The lowest BCUT2D eigenvalue weighted by atomic mass is 9.95. The summed E-state index contributed by atoms with van der Waals surface area (Å²) in [5.41, 5.74) is 17.8. The summed E-state index contributed by atoms with van der Waals surface area (Å²) in [6.45, 7) is 2.28. The molecule has 4 aromatic heterocycles. The number of thiazole rings is 1. The minimum atomic E-state index is 0.564. The van der Waals surface area contributed by atoms with E-state index in [0.29, 0.717) is 5.92 Å². The zero-order valence-electron chi connectivity index (χ0n) is 39.8. The van der Waals surface area contributed by atoms with Gasteiger partial charge in [-0.25, -0.2) is 4.98 Å². The molecule has 0 bridgehead atoms. The molecule has 0 saturated heterocycles. The summed E-state index contributed by atoms with van der Waals surface area (Å²) >= 11 is 5.51. The summed E-state index contributed by atoms with van der Waals surface area (Å²) in [5, 5.41) is 8.84. The van der Waals surface area contributed by atoms with E-state index in [0.717, 1.165) is 33.6 Å². The average Bonchev–Trinajstić information content (AvgIpc) is 4.24. The quantitative estimate of drug-likeness (QED) is 0.156. The van der Waals surface area contributed by atoms with Gasteiger partial charge in [-0.3, -0.25) is 0 Å². The first kappa shape index (κ1) is 42.5. The first-order valence-corrected chi connectivity index (χ1v) is 27.5. The van der Waals surface area contributed by atoms with Crippen LogP contribution in [-0.2, 0) is 0 Å². The first-order chi connectivity index (χ1) is 36.0. The van der Waals surface area contributed by atoms with Gasteiger partial charge in [-0.05, 0) is 118 Å². The van der Waals surface area contributed by atoms with Crippen LogP contribution in [0.1, 0.15) is 13.3 Å². The number of nitrogens with zero attached hydrogens (tertiary/aromatic N) is 2. The SMILES string of the molecule is CC1C=CC(n2c3ccccc3c3cc(-c4ccc(-c5nc6c(-c7ccc(-c8ccc9sc%10ccccc%10c9c8)cc7)ccc(-c7ccc(-c8ccc9sc%10ccccc%10c9c8)cc7)c6s5)cc4)ccc32)=CC1. The van der Waals surface area contributed by atoms with Crippen LogP contribution in [-0.4, -0.2) is 9.55 Å². The Morgan fingerprint density at radius 3 is 1.47 bits per heavy atom. The zero-order valence-corrected chi connectivity index (χ0v) is 42.3. The fourth-order valence-corrected chi connectivity index (χ4v) is 14.5. The molecule has 14 aromatic rings. The zero-order chi connectivity index (χ0) is 48.1. The fraction of sp³-hybridized carbons (Fsp3) is 0.0441. The molecule has 0 amide bonds. The lowest BCUT2D eigenvalue weighted by Gasteiger charge is -2.15. The average molecular weight is 985 g/mol. The van der Waals surface area contributed by atoms with Gasteiger partial charge in [0.25, 0.3) is 0 Å². The van der Waals surface area contributed by atoms with Crippen molar-refractivity contribution in [3.8, 4) is 66.2 Å². The van der Waals surface area contributed by atoms with Gasteiger partial charge in [0, 0.05) is 73.5 Å². The highest BCUT2D eigenvalue weighted by Gasteiger charge is 2.19. The topological polar surface area (TPSA) is 17.8 Å². The van der Waals surface area contributed by atoms with E-state index in [9.17, 15) is 0 Å². The normalized spacial score (nSPS) is 13.9. The third kappa shape index (κ3) is 7.14. The van der Waals surface area contributed by atoms with Crippen molar-refractivity contribution in [2.24, 2.45) is 5.92 Å². The minimum Gasteiger partial charge on any atom is -0.310 e. The van der Waals surface area contributed by atoms with Gasteiger partial charge < -0.3 is 4.57 Å². The van der Waals surface area contributed by atoms with Crippen LogP contribution in [0.25, 0.3) is 144 Å². The maximum Gasteiger partial charge on any atom is 0.124 e. The van der Waals surface area contributed by atoms with Gasteiger partial charge in [0.05, 0.1) is 21.3 Å². The van der Waals surface area contributed by atoms with Gasteiger partial charge in [-0.2, -0.15) is 0 Å². The summed E-state index contributed by atoms with van der Waals surface area (Å²) in [5.74, 6) is 0.564. The molecule has 0 N–H and O–H groups in total. The van der Waals surface area contributed by atoms with E-state index in [1.54, 1.807) is 11.3 Å². The van der Waals surface area contributed by atoms with Crippen molar-refractivity contribution in [2.75, 3.05) is 0 Å². The molecule has 10 aromatic carbocycles. The summed E-state index contributed by atoms with van der Waals surface area (Å²) in [7, 11) is 0. The van der Waals surface area contributed by atoms with Crippen LogP contribution >= 0.6 is 34.0 Å². The number of aromatic nitrogens is 2. The second kappa shape index (κ2) is 17.0. The van der Waals surface area contributed by atoms with Gasteiger partial charge >= 0.3 is 0 Å². The lowest BCUT2D eigenvalue weighted by Crippen LogP contribution is -2.00. The number of allylic oxidation sites excluding steroid dienone is 4. The van der Waals surface area contributed by atoms with Crippen molar-refractivity contribution in [2.45, 2.75) is 13.3 Å². The molecule has 1 unspecified atom stereocenters. The minimum absolute atomic E-state index is 0.564. The summed E-state index contributed by atoms with van der Waals surface area (Å²) < 4.78 is 8.92. The van der Waals surface area contributed by atoms with Crippen molar-refractivity contribution in [3.63, 3.8) is 0 Å². The predicted molar refractivity (Wildman–Crippen MR) is 318 cm³/mol. The summed E-state index contributed by atoms with van der Waals surface area (Å²) in [6.07, 6.45) is 8.05. The Hall–Kier alpha value is -8.19. The van der Waals surface area contributed by atoms with Crippen LogP contribution in [0, 0.1) is 5.92 Å². The number of thiophene rings is 2. The van der Waals surface area contributed by atoms with Crippen LogP contribution in [0.3, 0.4) is 0 Å². The van der Waals surface area contributed by atoms with E-state index >= 15 is 0 Å². The molecule has 0 aliphatic heterocycles. The molecule has 1 aliphatic rings. The monoisotopic (exact) mass is 984 g/mol. The van der Waals surface area contributed by atoms with E-state index in [1.807, 2.05) is 22.7 Å². The van der Waals surface area contributed by atoms with Crippen molar-refractivity contribution < 1.29 is 0 Å². The Morgan fingerprint density at radius 2 is 0.863 bits per heavy atom. The van der Waals surface area contributed by atoms with Crippen molar-refractivity contribution in [1.29, 1.82) is 0 Å². The van der Waals surface area contributed by atoms with E-state index in [4.69, 9.17) is 4.98 Å². The summed E-state index contributed by atoms with van der Waals surface area (Å²) in [4.78, 5) is 5.53. The Balaban J connectivity index is 0.803. The highest BCUT2D eigenvalue weighted by molar-refractivity contribution is 7.26. The van der Waals surface area contributed by atoms with E-state index in [2.05, 4.69) is 242 Å². The maximum atomic E-state index is 5.53. The van der Waals surface area contributed by atoms with Crippen molar-refractivity contribution in [3.05, 3.63) is 231 Å². The van der Waals surface area contributed by atoms with E-state index in [1.165, 1.54) is 117 Å². The molecule has 5 heteroatoms. The molecule has 0 fully saturated rings. The van der Waals surface area contributed by atoms with Gasteiger partial charge in [0.15, 0.2) is 0 Å². The number of rotatable bonds is 7. The van der Waals surface area contributed by atoms with Gasteiger partial charge in [-0.15, -0.1) is 34.0 Å². The highest BCUT2D eigenvalue weighted by atomic mass is 32.1. The molecule has 1 atom stereocenters. The van der Waals surface area contributed by atoms with Gasteiger partial charge in [-0.1, -0.05) is 177 Å². The summed E-state index contributed by atoms with van der Waals surface area (Å²) in [6, 6.07) is 78.8. The molecule has 0 radical (unpaired) electrons. The second-order valence-corrected chi connectivity index (χ2v) is 22.7. The fourth-order valence-electron chi connectivity index (χ4n) is 11.2. The van der Waals surface area contributed by atoms with Crippen LogP contribution in [0.4, 0.5) is 0 Å². The van der Waals surface area contributed by atoms with Gasteiger partial charge in [0.2, 0.25) is 0 Å². The van der Waals surface area contributed by atoms with Crippen LogP contribution in [0.5, 0.6) is 0 Å². The Labute approximate surface area is 434 Å². The molecule has 344 valence electrons. The molecule has 73 heavy (non-hydrogen) atoms. The Morgan fingerprint density at radius 1 is 0.397 bits per heavy atom. The van der Waals surface area contributed by atoms with Crippen LogP contribution < -0.4 is 0 Å². The first-order valence-electron chi connectivity index (χ1n) is 25.1. The van der Waals surface area contributed by atoms with Crippen molar-refractivity contribution in [1.82, 2.24) is 9.55 Å². The highest BCUT2D eigenvalue weighted by Crippen LogP contribution is 2.45. The number of para-hydroxylation sites is 1. The van der Waals surface area contributed by atoms with Crippen LogP contribution in [0.15, 0.2) is 231 Å². The number of fused-ring (bicyclic) bond motifs is 10. The Bertz CT molecular complexity index is 4380. The molecule has 2 nitrogen and oxygen atoms in total. The third-order valence-electron chi connectivity index (χ3n) is 15.0. The van der Waals surface area contributed by atoms with Crippen molar-refractivity contribution >= 4 is 112 Å². The molecule has 0 spiro atoms. The smallest absolute Gasteiger partial charge is 0.124 e. The largest absolute Gasteiger partial charge is 0.310 e. The van der Waals surface area contributed by atoms with E-state index < -0.39 is 0 Å². The van der Waals surface area contributed by atoms with E-state index in [-0.39, 0.29) is 0 Å². The number of hydrogen-bond donors (Lipinski definition) is 0. The molecule has 1 aliphatic carbocycles. The molecular formula is C68H44N2S3. The van der Waals surface area contributed by atoms with Crippen LogP contribution in [0.2, 0.25) is 0 Å².